The Morgan fingerprint density at radius 2 is 1.90 bits per heavy atom. The quantitative estimate of drug-likeness (QED) is 0.878. The third-order valence-electron chi connectivity index (χ3n) is 3.19. The monoisotopic (exact) mass is 350 g/mol. The number of aryl methyl sites for hydroxylation is 1. The SMILES string of the molecule is CNC(=O)c1ccc(CNc2cc(Br)c(F)cc2C)cc1. The fourth-order valence-electron chi connectivity index (χ4n) is 1.95. The lowest BCUT2D eigenvalue weighted by Crippen LogP contribution is -2.17. The Labute approximate surface area is 131 Å². The van der Waals surface area contributed by atoms with Gasteiger partial charge in [-0.3, -0.25) is 4.79 Å². The van der Waals surface area contributed by atoms with E-state index >= 15 is 0 Å². The number of carbonyl (C=O) groups excluding carboxylic acids is 1. The molecule has 3 nitrogen and oxygen atoms in total. The van der Waals surface area contributed by atoms with E-state index in [0.717, 1.165) is 16.8 Å². The maximum absolute atomic E-state index is 13.4. The van der Waals surface area contributed by atoms with Gasteiger partial charge >= 0.3 is 0 Å². The molecule has 0 saturated carbocycles. The lowest BCUT2D eigenvalue weighted by atomic mass is 10.1. The minimum Gasteiger partial charge on any atom is -0.381 e. The van der Waals surface area contributed by atoms with Crippen molar-refractivity contribution in [1.29, 1.82) is 0 Å². The molecule has 5 heteroatoms. The summed E-state index contributed by atoms with van der Waals surface area (Å²) in [6, 6.07) is 10.6. The Morgan fingerprint density at radius 3 is 2.52 bits per heavy atom. The zero-order chi connectivity index (χ0) is 15.4. The molecule has 0 spiro atoms. The van der Waals surface area contributed by atoms with Gasteiger partial charge in [0.2, 0.25) is 0 Å². The van der Waals surface area contributed by atoms with Crippen LogP contribution in [0.15, 0.2) is 40.9 Å². The van der Waals surface area contributed by atoms with Gasteiger partial charge < -0.3 is 10.6 Å². The molecule has 21 heavy (non-hydrogen) atoms. The van der Waals surface area contributed by atoms with Crippen molar-refractivity contribution in [2.24, 2.45) is 0 Å². The smallest absolute Gasteiger partial charge is 0.251 e. The molecule has 2 aromatic rings. The molecule has 0 bridgehead atoms. The van der Waals surface area contributed by atoms with Crippen LogP contribution in [0.5, 0.6) is 0 Å². The second-order valence-corrected chi connectivity index (χ2v) is 5.57. The number of rotatable bonds is 4. The predicted molar refractivity (Wildman–Crippen MR) is 86.0 cm³/mol. The average Bonchev–Trinajstić information content (AvgIpc) is 2.49. The van der Waals surface area contributed by atoms with E-state index < -0.39 is 0 Å². The molecule has 0 atom stereocenters. The fourth-order valence-corrected chi connectivity index (χ4v) is 2.30. The normalized spacial score (nSPS) is 10.3. The molecule has 0 fully saturated rings. The van der Waals surface area contributed by atoms with Gasteiger partial charge in [-0.05, 0) is 58.2 Å². The summed E-state index contributed by atoms with van der Waals surface area (Å²) in [6.07, 6.45) is 0. The van der Waals surface area contributed by atoms with Crippen molar-refractivity contribution in [2.45, 2.75) is 13.5 Å². The molecule has 2 N–H and O–H groups in total. The van der Waals surface area contributed by atoms with Crippen molar-refractivity contribution in [3.05, 3.63) is 63.4 Å². The first-order valence-corrected chi connectivity index (χ1v) is 7.31. The lowest BCUT2D eigenvalue weighted by molar-refractivity contribution is 0.0963. The Morgan fingerprint density at radius 1 is 1.24 bits per heavy atom. The summed E-state index contributed by atoms with van der Waals surface area (Å²) in [5, 5.41) is 5.84. The van der Waals surface area contributed by atoms with Gasteiger partial charge in [0.15, 0.2) is 0 Å². The van der Waals surface area contributed by atoms with E-state index in [-0.39, 0.29) is 11.7 Å². The molecule has 0 aliphatic carbocycles. The van der Waals surface area contributed by atoms with Gasteiger partial charge in [0.05, 0.1) is 4.47 Å². The number of amides is 1. The van der Waals surface area contributed by atoms with E-state index in [0.29, 0.717) is 16.6 Å². The number of hydrogen-bond donors (Lipinski definition) is 2. The zero-order valence-corrected chi connectivity index (χ0v) is 13.4. The molecular weight excluding hydrogens is 335 g/mol. The summed E-state index contributed by atoms with van der Waals surface area (Å²) < 4.78 is 13.8. The van der Waals surface area contributed by atoms with Crippen LogP contribution in [0.2, 0.25) is 0 Å². The van der Waals surface area contributed by atoms with E-state index in [1.807, 2.05) is 19.1 Å². The molecule has 0 aliphatic heterocycles. The van der Waals surface area contributed by atoms with Crippen LogP contribution in [-0.4, -0.2) is 13.0 Å². The van der Waals surface area contributed by atoms with Crippen LogP contribution in [0.3, 0.4) is 0 Å². The second kappa shape index (κ2) is 6.72. The van der Waals surface area contributed by atoms with Gasteiger partial charge in [0, 0.05) is 24.8 Å². The Hall–Kier alpha value is -1.88. The van der Waals surface area contributed by atoms with E-state index in [1.54, 1.807) is 25.2 Å². The zero-order valence-electron chi connectivity index (χ0n) is 11.8. The number of hydrogen-bond acceptors (Lipinski definition) is 2. The summed E-state index contributed by atoms with van der Waals surface area (Å²) in [5.74, 6) is -0.374. The summed E-state index contributed by atoms with van der Waals surface area (Å²) in [4.78, 5) is 11.5. The highest BCUT2D eigenvalue weighted by molar-refractivity contribution is 9.10. The molecule has 0 aromatic heterocycles. The average molecular weight is 351 g/mol. The first-order valence-electron chi connectivity index (χ1n) is 6.52. The summed E-state index contributed by atoms with van der Waals surface area (Å²) >= 11 is 3.18. The summed E-state index contributed by atoms with van der Waals surface area (Å²) in [6.45, 7) is 2.46. The van der Waals surface area contributed by atoms with Crippen molar-refractivity contribution in [1.82, 2.24) is 5.32 Å². The van der Waals surface area contributed by atoms with Gasteiger partial charge in [-0.25, -0.2) is 4.39 Å². The van der Waals surface area contributed by atoms with Crippen molar-refractivity contribution < 1.29 is 9.18 Å². The highest BCUT2D eigenvalue weighted by atomic mass is 79.9. The van der Waals surface area contributed by atoms with E-state index in [1.165, 1.54) is 6.07 Å². The third kappa shape index (κ3) is 3.82. The highest BCUT2D eigenvalue weighted by Crippen LogP contribution is 2.24. The molecule has 0 radical (unpaired) electrons. The maximum Gasteiger partial charge on any atom is 0.251 e. The van der Waals surface area contributed by atoms with Gasteiger partial charge in [-0.15, -0.1) is 0 Å². The standard InChI is InChI=1S/C16H16BrFN2O/c1-10-7-14(18)13(17)8-15(10)20-9-11-3-5-12(6-4-11)16(21)19-2/h3-8,20H,9H2,1-2H3,(H,19,21). The van der Waals surface area contributed by atoms with E-state index in [4.69, 9.17) is 0 Å². The van der Waals surface area contributed by atoms with Crippen LogP contribution in [0.4, 0.5) is 10.1 Å². The van der Waals surface area contributed by atoms with Gasteiger partial charge in [-0.2, -0.15) is 0 Å². The fraction of sp³-hybridized carbons (Fsp3) is 0.188. The number of carbonyl (C=O) groups is 1. The molecule has 1 amide bonds. The first kappa shape index (κ1) is 15.5. The van der Waals surface area contributed by atoms with Crippen LogP contribution in [0.1, 0.15) is 21.5 Å². The first-order chi connectivity index (χ1) is 10.0. The number of benzene rings is 2. The largest absolute Gasteiger partial charge is 0.381 e. The molecule has 110 valence electrons. The topological polar surface area (TPSA) is 41.1 Å². The van der Waals surface area contributed by atoms with Crippen LogP contribution < -0.4 is 10.6 Å². The number of anilines is 1. The van der Waals surface area contributed by atoms with Crippen molar-refractivity contribution in [3.63, 3.8) is 0 Å². The van der Waals surface area contributed by atoms with Gasteiger partial charge in [0.25, 0.3) is 5.91 Å². The van der Waals surface area contributed by atoms with Crippen LogP contribution in [-0.2, 0) is 6.54 Å². The molecule has 2 rings (SSSR count). The molecular formula is C16H16BrFN2O. The second-order valence-electron chi connectivity index (χ2n) is 4.71. The van der Waals surface area contributed by atoms with Crippen LogP contribution in [0, 0.1) is 12.7 Å². The Kier molecular flexibility index (Phi) is 4.96. The van der Waals surface area contributed by atoms with Gasteiger partial charge in [-0.1, -0.05) is 12.1 Å². The molecule has 2 aromatic carbocycles. The van der Waals surface area contributed by atoms with Crippen LogP contribution >= 0.6 is 15.9 Å². The Balaban J connectivity index is 2.06. The molecule has 0 saturated heterocycles. The minimum absolute atomic E-state index is 0.104. The molecule has 0 aliphatic rings. The maximum atomic E-state index is 13.4. The minimum atomic E-state index is -0.270. The van der Waals surface area contributed by atoms with Crippen LogP contribution in [0.25, 0.3) is 0 Å². The van der Waals surface area contributed by atoms with E-state index in [9.17, 15) is 9.18 Å². The Bertz CT molecular complexity index is 656. The molecule has 0 heterocycles. The van der Waals surface area contributed by atoms with Crippen molar-refractivity contribution in [2.75, 3.05) is 12.4 Å². The molecule has 0 unspecified atom stereocenters. The lowest BCUT2D eigenvalue weighted by Gasteiger charge is -2.11. The highest BCUT2D eigenvalue weighted by Gasteiger charge is 2.06. The van der Waals surface area contributed by atoms with E-state index in [2.05, 4.69) is 26.6 Å². The predicted octanol–water partition coefficient (Wildman–Crippen LogP) is 3.87. The number of nitrogens with one attached hydrogen (secondary N) is 2. The summed E-state index contributed by atoms with van der Waals surface area (Å²) in [7, 11) is 1.60. The summed E-state index contributed by atoms with van der Waals surface area (Å²) in [5.41, 5.74) is 3.39. The third-order valence-corrected chi connectivity index (χ3v) is 3.80. The van der Waals surface area contributed by atoms with Gasteiger partial charge in [0.1, 0.15) is 5.82 Å². The van der Waals surface area contributed by atoms with Crippen molar-refractivity contribution in [3.8, 4) is 0 Å². The van der Waals surface area contributed by atoms with Crippen molar-refractivity contribution >= 4 is 27.5 Å². The number of halogens is 2.